The highest BCUT2D eigenvalue weighted by atomic mass is 16.5. The molecule has 2 aromatic carbocycles. The van der Waals surface area contributed by atoms with Gasteiger partial charge in [-0.25, -0.2) is 4.57 Å². The number of hydrogen-bond acceptors (Lipinski definition) is 2. The van der Waals surface area contributed by atoms with Crippen LogP contribution in [0.25, 0.3) is 0 Å². The number of benzene rings is 2. The molecule has 1 aromatic heterocycles. The molecule has 0 saturated heterocycles. The number of hydrogen-bond donors (Lipinski definition) is 0. The SMILES string of the molecule is COc1ccccc1C[n+]1ccc(C(=O)c2ccccc2)cc1. The Morgan fingerprint density at radius 1 is 0.870 bits per heavy atom. The average molecular weight is 304 g/mol. The summed E-state index contributed by atoms with van der Waals surface area (Å²) in [6.45, 7) is 0.698. The van der Waals surface area contributed by atoms with Crippen LogP contribution in [-0.2, 0) is 6.54 Å². The van der Waals surface area contributed by atoms with Gasteiger partial charge in [-0.2, -0.15) is 0 Å². The zero-order valence-electron chi connectivity index (χ0n) is 13.0. The molecule has 3 nitrogen and oxygen atoms in total. The van der Waals surface area contributed by atoms with Crippen LogP contribution in [0.3, 0.4) is 0 Å². The zero-order valence-corrected chi connectivity index (χ0v) is 13.0. The van der Waals surface area contributed by atoms with Crippen LogP contribution < -0.4 is 9.30 Å². The predicted octanol–water partition coefficient (Wildman–Crippen LogP) is 3.26. The van der Waals surface area contributed by atoms with Crippen molar-refractivity contribution in [3.63, 3.8) is 0 Å². The third-order valence-corrected chi connectivity index (χ3v) is 3.73. The molecule has 23 heavy (non-hydrogen) atoms. The van der Waals surface area contributed by atoms with Crippen LogP contribution in [0, 0.1) is 0 Å². The van der Waals surface area contributed by atoms with Crippen molar-refractivity contribution in [3.05, 3.63) is 95.8 Å². The fourth-order valence-corrected chi connectivity index (χ4v) is 2.50. The highest BCUT2D eigenvalue weighted by Crippen LogP contribution is 2.16. The Bertz CT molecular complexity index is 795. The maximum atomic E-state index is 12.4. The Kier molecular flexibility index (Phi) is 4.48. The van der Waals surface area contributed by atoms with Crippen LogP contribution in [0.4, 0.5) is 0 Å². The molecule has 3 heteroatoms. The highest BCUT2D eigenvalue weighted by molar-refractivity contribution is 6.08. The molecule has 1 heterocycles. The Morgan fingerprint density at radius 2 is 1.48 bits per heavy atom. The van der Waals surface area contributed by atoms with Gasteiger partial charge in [0.2, 0.25) is 0 Å². The average Bonchev–Trinajstić information content (AvgIpc) is 2.63. The maximum Gasteiger partial charge on any atom is 0.193 e. The lowest BCUT2D eigenvalue weighted by Gasteiger charge is -2.05. The molecule has 0 fully saturated rings. The quantitative estimate of drug-likeness (QED) is 0.535. The van der Waals surface area contributed by atoms with Crippen molar-refractivity contribution in [1.29, 1.82) is 0 Å². The van der Waals surface area contributed by atoms with E-state index in [1.807, 2.05) is 83.7 Å². The van der Waals surface area contributed by atoms with Crippen molar-refractivity contribution in [2.24, 2.45) is 0 Å². The molecule has 0 spiro atoms. The van der Waals surface area contributed by atoms with Crippen LogP contribution in [0.5, 0.6) is 5.75 Å². The summed E-state index contributed by atoms with van der Waals surface area (Å²) in [5.74, 6) is 0.902. The Morgan fingerprint density at radius 3 is 2.17 bits per heavy atom. The summed E-state index contributed by atoms with van der Waals surface area (Å²) < 4.78 is 7.40. The van der Waals surface area contributed by atoms with Crippen molar-refractivity contribution in [1.82, 2.24) is 0 Å². The normalized spacial score (nSPS) is 10.3. The van der Waals surface area contributed by atoms with Crippen molar-refractivity contribution in [2.45, 2.75) is 6.54 Å². The van der Waals surface area contributed by atoms with Gasteiger partial charge in [0, 0.05) is 23.3 Å². The first-order valence-electron chi connectivity index (χ1n) is 7.48. The summed E-state index contributed by atoms with van der Waals surface area (Å²) in [5.41, 5.74) is 2.49. The summed E-state index contributed by atoms with van der Waals surface area (Å²) in [7, 11) is 1.67. The van der Waals surface area contributed by atoms with E-state index in [-0.39, 0.29) is 5.78 Å². The van der Waals surface area contributed by atoms with Crippen LogP contribution in [0.2, 0.25) is 0 Å². The third-order valence-electron chi connectivity index (χ3n) is 3.73. The fraction of sp³-hybridized carbons (Fsp3) is 0.100. The molecule has 0 saturated carbocycles. The summed E-state index contributed by atoms with van der Waals surface area (Å²) in [4.78, 5) is 12.4. The van der Waals surface area contributed by atoms with Crippen molar-refractivity contribution in [3.8, 4) is 5.75 Å². The van der Waals surface area contributed by atoms with E-state index in [0.717, 1.165) is 11.3 Å². The second-order valence-corrected chi connectivity index (χ2v) is 5.27. The van der Waals surface area contributed by atoms with Crippen LogP contribution in [0.15, 0.2) is 79.1 Å². The molecule has 3 rings (SSSR count). The van der Waals surface area contributed by atoms with E-state index in [0.29, 0.717) is 17.7 Å². The number of rotatable bonds is 5. The van der Waals surface area contributed by atoms with Gasteiger partial charge in [0.05, 0.1) is 12.7 Å². The largest absolute Gasteiger partial charge is 0.496 e. The Balaban J connectivity index is 1.79. The molecule has 0 atom stereocenters. The number of ether oxygens (including phenoxy) is 1. The fourth-order valence-electron chi connectivity index (χ4n) is 2.50. The molecule has 114 valence electrons. The molecule has 0 aliphatic rings. The standard InChI is InChI=1S/C20H18NO2/c1-23-19-10-6-5-9-18(19)15-21-13-11-17(12-14-21)20(22)16-7-3-2-4-8-16/h2-14H,15H2,1H3/q+1. The number of ketones is 1. The minimum absolute atomic E-state index is 0.0371. The topological polar surface area (TPSA) is 30.2 Å². The van der Waals surface area contributed by atoms with Crippen molar-refractivity contribution >= 4 is 5.78 Å². The first-order chi connectivity index (χ1) is 11.3. The van der Waals surface area contributed by atoms with Gasteiger partial charge >= 0.3 is 0 Å². The molecular weight excluding hydrogens is 286 g/mol. The molecule has 0 amide bonds. The molecule has 0 aliphatic carbocycles. The maximum absolute atomic E-state index is 12.4. The Hall–Kier alpha value is -2.94. The van der Waals surface area contributed by atoms with Gasteiger partial charge in [-0.15, -0.1) is 0 Å². The number of nitrogens with zero attached hydrogens (tertiary/aromatic N) is 1. The lowest BCUT2D eigenvalue weighted by Crippen LogP contribution is -2.33. The van der Waals surface area contributed by atoms with Gasteiger partial charge in [0.15, 0.2) is 24.7 Å². The molecule has 0 radical (unpaired) electrons. The molecular formula is C20H18NO2+. The van der Waals surface area contributed by atoms with E-state index in [1.54, 1.807) is 7.11 Å². The second-order valence-electron chi connectivity index (χ2n) is 5.27. The minimum Gasteiger partial charge on any atom is -0.496 e. The smallest absolute Gasteiger partial charge is 0.193 e. The number of methoxy groups -OCH3 is 1. The van der Waals surface area contributed by atoms with E-state index in [2.05, 4.69) is 0 Å². The van der Waals surface area contributed by atoms with E-state index in [4.69, 9.17) is 4.74 Å². The number of carbonyl (C=O) groups excluding carboxylic acids is 1. The summed E-state index contributed by atoms with van der Waals surface area (Å²) >= 11 is 0. The van der Waals surface area contributed by atoms with E-state index < -0.39 is 0 Å². The number of para-hydroxylation sites is 1. The molecule has 0 N–H and O–H groups in total. The summed E-state index contributed by atoms with van der Waals surface area (Å²) in [6.07, 6.45) is 3.84. The molecule has 0 bridgehead atoms. The van der Waals surface area contributed by atoms with Gasteiger partial charge in [-0.05, 0) is 12.1 Å². The number of aromatic nitrogens is 1. The van der Waals surface area contributed by atoms with E-state index in [9.17, 15) is 4.79 Å². The lowest BCUT2D eigenvalue weighted by molar-refractivity contribution is -0.688. The predicted molar refractivity (Wildman–Crippen MR) is 88.6 cm³/mol. The molecule has 0 aliphatic heterocycles. The van der Waals surface area contributed by atoms with Crippen LogP contribution in [-0.4, -0.2) is 12.9 Å². The number of carbonyl (C=O) groups is 1. The monoisotopic (exact) mass is 304 g/mol. The van der Waals surface area contributed by atoms with E-state index >= 15 is 0 Å². The first-order valence-corrected chi connectivity index (χ1v) is 7.48. The second kappa shape index (κ2) is 6.88. The summed E-state index contributed by atoms with van der Waals surface area (Å²) in [5, 5.41) is 0. The third kappa shape index (κ3) is 3.46. The van der Waals surface area contributed by atoms with Gasteiger partial charge < -0.3 is 4.74 Å². The van der Waals surface area contributed by atoms with Crippen molar-refractivity contribution in [2.75, 3.05) is 7.11 Å². The van der Waals surface area contributed by atoms with Crippen molar-refractivity contribution < 1.29 is 14.1 Å². The van der Waals surface area contributed by atoms with Gasteiger partial charge in [-0.3, -0.25) is 4.79 Å². The Labute approximate surface area is 135 Å². The van der Waals surface area contributed by atoms with Crippen LogP contribution in [0.1, 0.15) is 21.5 Å². The van der Waals surface area contributed by atoms with Gasteiger partial charge in [-0.1, -0.05) is 42.5 Å². The highest BCUT2D eigenvalue weighted by Gasteiger charge is 2.12. The first kappa shape index (κ1) is 15.0. The van der Waals surface area contributed by atoms with Gasteiger partial charge in [0.25, 0.3) is 0 Å². The molecule has 3 aromatic rings. The number of pyridine rings is 1. The van der Waals surface area contributed by atoms with Gasteiger partial charge in [0.1, 0.15) is 5.75 Å². The van der Waals surface area contributed by atoms with E-state index in [1.165, 1.54) is 0 Å². The summed E-state index contributed by atoms with van der Waals surface area (Å²) in [6, 6.07) is 20.9. The zero-order chi connectivity index (χ0) is 16.1. The van der Waals surface area contributed by atoms with Crippen LogP contribution >= 0.6 is 0 Å². The minimum atomic E-state index is 0.0371. The lowest BCUT2D eigenvalue weighted by atomic mass is 10.0. The molecule has 0 unspecified atom stereocenters.